The van der Waals surface area contributed by atoms with E-state index in [0.29, 0.717) is 18.8 Å². The van der Waals surface area contributed by atoms with Crippen molar-refractivity contribution in [2.24, 2.45) is 7.05 Å². The summed E-state index contributed by atoms with van der Waals surface area (Å²) in [6, 6.07) is 19.8. The van der Waals surface area contributed by atoms with E-state index in [1.54, 1.807) is 0 Å². The largest absolute Gasteiger partial charge is 0.349 e. The van der Waals surface area contributed by atoms with Gasteiger partial charge in [-0.2, -0.15) is 0 Å². The number of nitrogens with zero attached hydrogens (tertiary/aromatic N) is 3. The lowest BCUT2D eigenvalue weighted by molar-refractivity contribution is 0.0493. The number of hydrogen-bond acceptors (Lipinski definition) is 3. The molecule has 2 saturated heterocycles. The Hall–Kier alpha value is -3.12. The number of benzene rings is 2. The zero-order valence-corrected chi connectivity index (χ0v) is 17.1. The standard InChI is InChI=1S/C24H26N4O2/c1-26-21-10-6-5-9-18(21)13-22(26)23(29)25-14-20-16-28(19-11-12-27(20)15-19)24(30)17-7-3-2-4-8-17/h2-10,13,19-20H,11-12,14-16H2,1H3,(H,25,29)/t19-,20+/m0/s1. The number of para-hydroxylation sites is 1. The van der Waals surface area contributed by atoms with Gasteiger partial charge in [-0.25, -0.2) is 0 Å². The highest BCUT2D eigenvalue weighted by molar-refractivity contribution is 5.98. The van der Waals surface area contributed by atoms with Crippen molar-refractivity contribution >= 4 is 22.7 Å². The number of carbonyl (C=O) groups is 2. The molecule has 30 heavy (non-hydrogen) atoms. The molecule has 3 atom stereocenters. The van der Waals surface area contributed by atoms with Crippen LogP contribution in [0.4, 0.5) is 0 Å². The van der Waals surface area contributed by atoms with Crippen LogP contribution >= 0.6 is 0 Å². The Morgan fingerprint density at radius 2 is 1.80 bits per heavy atom. The Kier molecular flexibility index (Phi) is 4.79. The molecule has 0 aliphatic carbocycles. The maximum atomic E-state index is 13.1. The van der Waals surface area contributed by atoms with Crippen LogP contribution in [0.25, 0.3) is 10.9 Å². The van der Waals surface area contributed by atoms with Crippen LogP contribution in [0.1, 0.15) is 27.3 Å². The van der Waals surface area contributed by atoms with E-state index in [4.69, 9.17) is 0 Å². The molecule has 2 amide bonds. The minimum atomic E-state index is -0.0732. The molecule has 5 rings (SSSR count). The van der Waals surface area contributed by atoms with Crippen LogP contribution in [0.3, 0.4) is 0 Å². The summed E-state index contributed by atoms with van der Waals surface area (Å²) in [6.07, 6.45) is 0.992. The fourth-order valence-electron chi connectivity index (χ4n) is 4.84. The van der Waals surface area contributed by atoms with E-state index in [2.05, 4.69) is 10.2 Å². The van der Waals surface area contributed by atoms with Crippen molar-refractivity contribution in [1.29, 1.82) is 0 Å². The van der Waals surface area contributed by atoms with E-state index in [1.807, 2.05) is 77.2 Å². The zero-order valence-electron chi connectivity index (χ0n) is 17.1. The van der Waals surface area contributed by atoms with Crippen molar-refractivity contribution in [3.63, 3.8) is 0 Å². The van der Waals surface area contributed by atoms with Gasteiger partial charge in [0.25, 0.3) is 11.8 Å². The molecule has 3 aromatic rings. The van der Waals surface area contributed by atoms with Gasteiger partial charge in [-0.15, -0.1) is 0 Å². The summed E-state index contributed by atoms with van der Waals surface area (Å²) in [7, 11) is 1.92. The van der Waals surface area contributed by atoms with Gasteiger partial charge in [0.15, 0.2) is 0 Å². The third kappa shape index (κ3) is 3.27. The first kappa shape index (κ1) is 18.9. The number of aryl methyl sites for hydroxylation is 1. The van der Waals surface area contributed by atoms with Crippen LogP contribution in [-0.4, -0.2) is 64.4 Å². The molecule has 0 saturated carbocycles. The van der Waals surface area contributed by atoms with Crippen molar-refractivity contribution in [2.75, 3.05) is 26.2 Å². The Labute approximate surface area is 176 Å². The average molecular weight is 402 g/mol. The Balaban J connectivity index is 1.29. The summed E-state index contributed by atoms with van der Waals surface area (Å²) in [5.41, 5.74) is 2.43. The normalized spacial score (nSPS) is 23.0. The molecule has 2 aliphatic heterocycles. The number of amides is 2. The molecular weight excluding hydrogens is 376 g/mol. The fraction of sp³-hybridized carbons (Fsp3) is 0.333. The molecule has 2 fully saturated rings. The van der Waals surface area contributed by atoms with Gasteiger partial charge >= 0.3 is 0 Å². The zero-order chi connectivity index (χ0) is 20.7. The Morgan fingerprint density at radius 1 is 1.03 bits per heavy atom. The molecule has 0 radical (unpaired) electrons. The van der Waals surface area contributed by atoms with E-state index in [1.165, 1.54) is 0 Å². The molecule has 2 bridgehead atoms. The third-order valence-electron chi connectivity index (χ3n) is 6.52. The van der Waals surface area contributed by atoms with Gasteiger partial charge in [0.1, 0.15) is 5.69 Å². The second-order valence-corrected chi connectivity index (χ2v) is 8.27. The average Bonchev–Trinajstić information content (AvgIpc) is 3.35. The number of fused-ring (bicyclic) bond motifs is 3. The number of hydrogen-bond donors (Lipinski definition) is 1. The Bertz CT molecular complexity index is 1090. The maximum Gasteiger partial charge on any atom is 0.267 e. The number of carbonyl (C=O) groups excluding carboxylic acids is 2. The number of rotatable bonds is 4. The molecule has 1 unspecified atom stereocenters. The molecule has 1 N–H and O–H groups in total. The lowest BCUT2D eigenvalue weighted by Crippen LogP contribution is -2.57. The van der Waals surface area contributed by atoms with Crippen LogP contribution in [0.2, 0.25) is 0 Å². The second kappa shape index (κ2) is 7.61. The van der Waals surface area contributed by atoms with Gasteiger partial charge in [0, 0.05) is 61.8 Å². The summed E-state index contributed by atoms with van der Waals surface area (Å²) in [6.45, 7) is 3.03. The molecule has 2 aliphatic rings. The summed E-state index contributed by atoms with van der Waals surface area (Å²) in [5, 5.41) is 4.17. The minimum absolute atomic E-state index is 0.0732. The summed E-state index contributed by atoms with van der Waals surface area (Å²) in [4.78, 5) is 30.4. The molecule has 0 spiro atoms. The Morgan fingerprint density at radius 3 is 2.60 bits per heavy atom. The van der Waals surface area contributed by atoms with E-state index in [9.17, 15) is 9.59 Å². The summed E-state index contributed by atoms with van der Waals surface area (Å²) in [5.74, 6) is 0.0168. The lowest BCUT2D eigenvalue weighted by Gasteiger charge is -2.40. The van der Waals surface area contributed by atoms with Crippen LogP contribution in [0.5, 0.6) is 0 Å². The van der Waals surface area contributed by atoms with Crippen molar-refractivity contribution in [1.82, 2.24) is 19.7 Å². The minimum Gasteiger partial charge on any atom is -0.349 e. The highest BCUT2D eigenvalue weighted by atomic mass is 16.2. The predicted molar refractivity (Wildman–Crippen MR) is 116 cm³/mol. The first-order valence-electron chi connectivity index (χ1n) is 10.5. The van der Waals surface area contributed by atoms with E-state index in [0.717, 1.165) is 36.0 Å². The predicted octanol–water partition coefficient (Wildman–Crippen LogP) is 2.51. The molecule has 1 aromatic heterocycles. The number of nitrogens with one attached hydrogen (secondary N) is 1. The number of aromatic nitrogens is 1. The highest BCUT2D eigenvalue weighted by Gasteiger charge is 2.40. The molecule has 154 valence electrons. The molecule has 6 heteroatoms. The monoisotopic (exact) mass is 402 g/mol. The van der Waals surface area contributed by atoms with Crippen LogP contribution < -0.4 is 5.32 Å². The smallest absolute Gasteiger partial charge is 0.267 e. The van der Waals surface area contributed by atoms with Gasteiger partial charge in [0.05, 0.1) is 0 Å². The fourth-order valence-corrected chi connectivity index (χ4v) is 4.84. The van der Waals surface area contributed by atoms with Gasteiger partial charge in [-0.1, -0.05) is 36.4 Å². The van der Waals surface area contributed by atoms with Crippen molar-refractivity contribution in [3.05, 3.63) is 71.9 Å². The van der Waals surface area contributed by atoms with Gasteiger partial charge < -0.3 is 14.8 Å². The lowest BCUT2D eigenvalue weighted by atomic mass is 10.1. The van der Waals surface area contributed by atoms with Crippen molar-refractivity contribution < 1.29 is 9.59 Å². The van der Waals surface area contributed by atoms with E-state index < -0.39 is 0 Å². The van der Waals surface area contributed by atoms with E-state index >= 15 is 0 Å². The van der Waals surface area contributed by atoms with Crippen LogP contribution in [0.15, 0.2) is 60.7 Å². The van der Waals surface area contributed by atoms with Crippen LogP contribution in [0, 0.1) is 0 Å². The molecular formula is C24H26N4O2. The van der Waals surface area contributed by atoms with E-state index in [-0.39, 0.29) is 23.9 Å². The molecule has 6 nitrogen and oxygen atoms in total. The van der Waals surface area contributed by atoms with Gasteiger partial charge in [-0.05, 0) is 30.7 Å². The van der Waals surface area contributed by atoms with Gasteiger partial charge in [0.2, 0.25) is 0 Å². The second-order valence-electron chi connectivity index (χ2n) is 8.27. The first-order valence-corrected chi connectivity index (χ1v) is 10.5. The summed E-state index contributed by atoms with van der Waals surface area (Å²) >= 11 is 0. The number of piperazine rings is 1. The maximum absolute atomic E-state index is 13.1. The topological polar surface area (TPSA) is 57.6 Å². The summed E-state index contributed by atoms with van der Waals surface area (Å²) < 4.78 is 1.93. The molecule has 2 aromatic carbocycles. The third-order valence-corrected chi connectivity index (χ3v) is 6.52. The highest BCUT2D eigenvalue weighted by Crippen LogP contribution is 2.26. The van der Waals surface area contributed by atoms with Crippen molar-refractivity contribution in [3.8, 4) is 0 Å². The van der Waals surface area contributed by atoms with Crippen molar-refractivity contribution in [2.45, 2.75) is 18.5 Å². The quantitative estimate of drug-likeness (QED) is 0.730. The SMILES string of the molecule is Cn1c(C(=O)NC[C@@H]2CN(C(=O)c3ccccc3)[C@H]3CCN2C3)cc2ccccc21. The van der Waals surface area contributed by atoms with Gasteiger partial charge in [-0.3, -0.25) is 14.5 Å². The van der Waals surface area contributed by atoms with Crippen LogP contribution in [-0.2, 0) is 7.05 Å². The molecule has 3 heterocycles. The first-order chi connectivity index (χ1) is 14.6.